The van der Waals surface area contributed by atoms with Gasteiger partial charge in [0.05, 0.1) is 29.3 Å². The predicted octanol–water partition coefficient (Wildman–Crippen LogP) is 3.64. The number of hydrogen-bond donors (Lipinski definition) is 2. The molecule has 6 rings (SSSR count). The second-order valence-electron chi connectivity index (χ2n) is 12.6. The molecule has 9 atom stereocenters. The van der Waals surface area contributed by atoms with E-state index in [9.17, 15) is 19.8 Å². The summed E-state index contributed by atoms with van der Waals surface area (Å²) >= 11 is 0. The predicted molar refractivity (Wildman–Crippen MR) is 125 cm³/mol. The van der Waals surface area contributed by atoms with Crippen molar-refractivity contribution in [3.8, 4) is 0 Å². The minimum absolute atomic E-state index is 0.0247. The first-order valence-corrected chi connectivity index (χ1v) is 13.1. The number of esters is 1. The molecule has 2 heterocycles. The van der Waals surface area contributed by atoms with Gasteiger partial charge in [-0.3, -0.25) is 4.79 Å². The fourth-order valence-corrected chi connectivity index (χ4v) is 9.69. The molecule has 3 saturated carbocycles. The van der Waals surface area contributed by atoms with E-state index in [-0.39, 0.29) is 53.7 Å². The number of aliphatic hydroxyl groups excluding tert-OH is 2. The molecule has 34 heavy (non-hydrogen) atoms. The topological polar surface area (TPSA) is 93.1 Å². The van der Waals surface area contributed by atoms with E-state index in [2.05, 4.69) is 26.8 Å². The maximum absolute atomic E-state index is 13.4. The third-order valence-electron chi connectivity index (χ3n) is 11.5. The molecule has 0 unspecified atom stereocenters. The van der Waals surface area contributed by atoms with Crippen LogP contribution in [0.3, 0.4) is 0 Å². The van der Waals surface area contributed by atoms with Crippen LogP contribution in [0.15, 0.2) is 22.8 Å². The van der Waals surface area contributed by atoms with E-state index in [1.165, 1.54) is 0 Å². The lowest BCUT2D eigenvalue weighted by atomic mass is 9.46. The maximum Gasteiger partial charge on any atom is 0.336 e. The van der Waals surface area contributed by atoms with E-state index in [1.54, 1.807) is 0 Å². The molecule has 6 nitrogen and oxygen atoms in total. The molecule has 0 aromatic rings. The molecule has 0 radical (unpaired) electrons. The molecule has 2 aliphatic heterocycles. The van der Waals surface area contributed by atoms with Crippen molar-refractivity contribution in [1.82, 2.24) is 0 Å². The van der Waals surface area contributed by atoms with E-state index < -0.39 is 23.1 Å². The van der Waals surface area contributed by atoms with Crippen LogP contribution < -0.4 is 0 Å². The number of carbonyl (C=O) groups excluding carboxylic acids is 2. The Morgan fingerprint density at radius 1 is 1.06 bits per heavy atom. The van der Waals surface area contributed by atoms with Gasteiger partial charge in [-0.25, -0.2) is 4.79 Å². The highest BCUT2D eigenvalue weighted by atomic mass is 16.6. The lowest BCUT2D eigenvalue weighted by Gasteiger charge is -2.59. The fraction of sp³-hybridized carbons (Fsp3) is 0.786. The van der Waals surface area contributed by atoms with Gasteiger partial charge < -0.3 is 19.7 Å². The Hall–Kier alpha value is -1.50. The van der Waals surface area contributed by atoms with E-state index in [0.717, 1.165) is 43.3 Å². The normalized spacial score (nSPS) is 52.1. The van der Waals surface area contributed by atoms with Gasteiger partial charge in [-0.1, -0.05) is 24.1 Å². The number of aliphatic hydroxyl groups is 2. The third-order valence-corrected chi connectivity index (χ3v) is 11.5. The second kappa shape index (κ2) is 7.04. The largest absolute Gasteiger partial charge is 0.456 e. The molecule has 4 aliphatic carbocycles. The second-order valence-corrected chi connectivity index (χ2v) is 12.6. The average molecular weight is 471 g/mol. The Balaban J connectivity index is 1.39. The van der Waals surface area contributed by atoms with Crippen LogP contribution in [-0.2, 0) is 19.1 Å². The van der Waals surface area contributed by atoms with Crippen LogP contribution in [0.2, 0.25) is 0 Å². The van der Waals surface area contributed by atoms with Crippen LogP contribution in [-0.4, -0.2) is 52.0 Å². The molecule has 2 bridgehead atoms. The number of fused-ring (bicyclic) bond motifs is 3. The summed E-state index contributed by atoms with van der Waals surface area (Å²) in [4.78, 5) is 26.0. The van der Waals surface area contributed by atoms with Crippen LogP contribution in [0.5, 0.6) is 0 Å². The van der Waals surface area contributed by atoms with Crippen LogP contribution in [0, 0.1) is 28.6 Å². The fourth-order valence-electron chi connectivity index (χ4n) is 9.69. The summed E-state index contributed by atoms with van der Waals surface area (Å²) in [5.41, 5.74) is 0.945. The summed E-state index contributed by atoms with van der Waals surface area (Å²) in [6.07, 6.45) is 7.67. The SMILES string of the molecule is CC1=C(CO)C(=O)O[C@@H]([C@]2(C)O[C@@]34CC[C@@H]2[C@@]3(C)CC[C@H]2[C@H]4CC=C3C[C@@H](O)CC(=O)[C@@]32C)C1. The molecule has 4 fully saturated rings. The summed E-state index contributed by atoms with van der Waals surface area (Å²) in [6, 6.07) is 0. The standard InChI is InChI=1S/C28H38O6/c1-15-11-23(33-24(32)18(15)14-29)27(4)21-8-10-28(34-27)20-6-5-16-12-17(30)13-22(31)26(16,3)19(20)7-9-25(21,28)2/h5,17,19-21,23,29-30H,6-14H2,1-4H3/t17-,19+,20-,21-,23-,25-,26+,27-,28-/m1/s1. The highest BCUT2D eigenvalue weighted by Crippen LogP contribution is 2.75. The van der Waals surface area contributed by atoms with Gasteiger partial charge in [0.2, 0.25) is 0 Å². The van der Waals surface area contributed by atoms with Gasteiger partial charge in [-0.2, -0.15) is 0 Å². The van der Waals surface area contributed by atoms with Crippen molar-refractivity contribution < 1.29 is 29.3 Å². The highest BCUT2D eigenvalue weighted by Gasteiger charge is 2.78. The van der Waals surface area contributed by atoms with Crippen LogP contribution in [0.25, 0.3) is 0 Å². The number of allylic oxidation sites excluding steroid dienone is 1. The van der Waals surface area contributed by atoms with Gasteiger partial charge in [-0.05, 0) is 77.0 Å². The molecule has 0 aromatic carbocycles. The van der Waals surface area contributed by atoms with Gasteiger partial charge in [0.25, 0.3) is 0 Å². The Labute approximate surface area is 201 Å². The summed E-state index contributed by atoms with van der Waals surface area (Å²) in [5, 5.41) is 19.9. The molecule has 1 saturated heterocycles. The van der Waals surface area contributed by atoms with Crippen LogP contribution in [0.1, 0.15) is 79.1 Å². The number of ether oxygens (including phenoxy) is 2. The number of cyclic esters (lactones) is 1. The van der Waals surface area contributed by atoms with Gasteiger partial charge in [-0.15, -0.1) is 0 Å². The van der Waals surface area contributed by atoms with Gasteiger partial charge in [0.1, 0.15) is 17.5 Å². The molecule has 186 valence electrons. The number of carbonyl (C=O) groups is 2. The monoisotopic (exact) mass is 470 g/mol. The number of hydrogen-bond acceptors (Lipinski definition) is 6. The van der Waals surface area contributed by atoms with Crippen molar-refractivity contribution in [2.75, 3.05) is 6.61 Å². The summed E-state index contributed by atoms with van der Waals surface area (Å²) in [5.74, 6) is 0.509. The third kappa shape index (κ3) is 2.53. The van der Waals surface area contributed by atoms with Crippen molar-refractivity contribution in [3.05, 3.63) is 22.8 Å². The molecule has 0 aromatic heterocycles. The zero-order valence-electron chi connectivity index (χ0n) is 20.9. The molecule has 2 N–H and O–H groups in total. The van der Waals surface area contributed by atoms with E-state index >= 15 is 0 Å². The molecule has 6 heteroatoms. The first-order chi connectivity index (χ1) is 16.0. The summed E-state index contributed by atoms with van der Waals surface area (Å²) in [6.45, 7) is 8.26. The highest BCUT2D eigenvalue weighted by molar-refractivity contribution is 5.91. The molecule has 0 amide bonds. The Morgan fingerprint density at radius 2 is 1.82 bits per heavy atom. The van der Waals surface area contributed by atoms with Crippen molar-refractivity contribution in [2.45, 2.75) is 102 Å². The number of ketones is 1. The molecular formula is C28H38O6. The Kier molecular flexibility index (Phi) is 4.75. The van der Waals surface area contributed by atoms with Gasteiger partial charge in [0, 0.05) is 18.3 Å². The van der Waals surface area contributed by atoms with Crippen molar-refractivity contribution in [2.24, 2.45) is 28.6 Å². The van der Waals surface area contributed by atoms with Crippen molar-refractivity contribution in [3.63, 3.8) is 0 Å². The maximum atomic E-state index is 13.4. The lowest BCUT2D eigenvalue weighted by molar-refractivity contribution is -0.232. The minimum atomic E-state index is -0.586. The summed E-state index contributed by atoms with van der Waals surface area (Å²) in [7, 11) is 0. The summed E-state index contributed by atoms with van der Waals surface area (Å²) < 4.78 is 13.2. The number of Topliss-reactive ketones (excluding diaryl/α,β-unsaturated/α-hetero) is 1. The van der Waals surface area contributed by atoms with E-state index in [4.69, 9.17) is 9.47 Å². The quantitative estimate of drug-likeness (QED) is 0.473. The minimum Gasteiger partial charge on any atom is -0.456 e. The number of rotatable bonds is 2. The molecule has 6 aliphatic rings. The Morgan fingerprint density at radius 3 is 2.53 bits per heavy atom. The van der Waals surface area contributed by atoms with Crippen molar-refractivity contribution >= 4 is 11.8 Å². The zero-order valence-corrected chi connectivity index (χ0v) is 20.9. The van der Waals surface area contributed by atoms with E-state index in [0.29, 0.717) is 18.4 Å². The average Bonchev–Trinajstić information content (AvgIpc) is 3.18. The van der Waals surface area contributed by atoms with E-state index in [1.807, 2.05) is 6.92 Å². The van der Waals surface area contributed by atoms with Gasteiger partial charge in [0.15, 0.2) is 0 Å². The first-order valence-electron chi connectivity index (χ1n) is 13.1. The smallest absolute Gasteiger partial charge is 0.336 e. The van der Waals surface area contributed by atoms with Gasteiger partial charge >= 0.3 is 5.97 Å². The van der Waals surface area contributed by atoms with Crippen LogP contribution >= 0.6 is 0 Å². The Bertz CT molecular complexity index is 1030. The van der Waals surface area contributed by atoms with Crippen LogP contribution in [0.4, 0.5) is 0 Å². The lowest BCUT2D eigenvalue weighted by Crippen LogP contribution is -2.61. The van der Waals surface area contributed by atoms with Crippen molar-refractivity contribution in [1.29, 1.82) is 0 Å². The molecular weight excluding hydrogens is 432 g/mol. The molecule has 0 spiro atoms. The zero-order chi connectivity index (χ0) is 24.3. The first kappa shape index (κ1) is 22.9.